The van der Waals surface area contributed by atoms with E-state index in [0.717, 1.165) is 22.3 Å². The number of halogens is 4. The van der Waals surface area contributed by atoms with E-state index in [1.807, 2.05) is 61.5 Å². The Bertz CT molecular complexity index is 1090. The Morgan fingerprint density at radius 3 is 1.66 bits per heavy atom. The summed E-state index contributed by atoms with van der Waals surface area (Å²) in [5, 5.41) is 0. The lowest BCUT2D eigenvalue weighted by molar-refractivity contribution is -0.693. The molecule has 5 nitrogen and oxygen atoms in total. The molecule has 0 atom stereocenters. The van der Waals surface area contributed by atoms with E-state index in [9.17, 15) is 26.9 Å². The van der Waals surface area contributed by atoms with E-state index >= 15 is 0 Å². The van der Waals surface area contributed by atoms with Crippen molar-refractivity contribution in [2.45, 2.75) is 27.3 Å². The second-order valence-electron chi connectivity index (χ2n) is 7.39. The number of aryl methyl sites for hydroxylation is 1. The number of aromatic nitrogens is 1. The molecule has 0 amide bonds. The Kier molecular flexibility index (Phi) is 9.99. The van der Waals surface area contributed by atoms with E-state index in [2.05, 4.69) is 0 Å². The lowest BCUT2D eigenvalue weighted by Gasteiger charge is -2.11. The number of esters is 2. The molecule has 35 heavy (non-hydrogen) atoms. The van der Waals surface area contributed by atoms with Gasteiger partial charge >= 0.3 is 19.2 Å². The summed E-state index contributed by atoms with van der Waals surface area (Å²) in [6.07, 6.45) is 0. The average Bonchev–Trinajstić information content (AvgIpc) is 2.79. The van der Waals surface area contributed by atoms with Crippen molar-refractivity contribution in [2.24, 2.45) is 0 Å². The van der Waals surface area contributed by atoms with Gasteiger partial charge in [-0.1, -0.05) is 60.2 Å². The third-order valence-corrected chi connectivity index (χ3v) is 4.70. The number of pyridine rings is 1. The number of benzene rings is 2. The van der Waals surface area contributed by atoms with Gasteiger partial charge in [0.15, 0.2) is 6.54 Å². The summed E-state index contributed by atoms with van der Waals surface area (Å²) in [7, 11) is -6.00. The van der Waals surface area contributed by atoms with Gasteiger partial charge in [-0.2, -0.15) is 4.57 Å². The largest absolute Gasteiger partial charge is 0.673 e. The Labute approximate surface area is 201 Å². The summed E-state index contributed by atoms with van der Waals surface area (Å²) in [6.45, 7) is 6.36. The summed E-state index contributed by atoms with van der Waals surface area (Å²) in [5.41, 5.74) is 4.37. The zero-order valence-corrected chi connectivity index (χ0v) is 19.6. The first kappa shape index (κ1) is 27.6. The number of hydrogen-bond acceptors (Lipinski definition) is 4. The molecule has 10 heteroatoms. The van der Waals surface area contributed by atoms with Gasteiger partial charge in [-0.25, -0.2) is 9.59 Å². The van der Waals surface area contributed by atoms with Gasteiger partial charge in [0.05, 0.1) is 13.2 Å². The molecule has 0 saturated heterocycles. The fraction of sp³-hybridized carbons (Fsp3) is 0.240. The Hall–Kier alpha value is -3.69. The molecule has 3 rings (SSSR count). The zero-order valence-electron chi connectivity index (χ0n) is 19.6. The molecule has 0 N–H and O–H groups in total. The van der Waals surface area contributed by atoms with Crippen molar-refractivity contribution in [2.75, 3.05) is 13.2 Å². The van der Waals surface area contributed by atoms with Gasteiger partial charge in [-0.3, -0.25) is 0 Å². The van der Waals surface area contributed by atoms with Crippen LogP contribution in [0.5, 0.6) is 0 Å². The molecule has 1 heterocycles. The van der Waals surface area contributed by atoms with Gasteiger partial charge in [0.25, 0.3) is 11.4 Å². The second-order valence-corrected chi connectivity index (χ2v) is 7.39. The SMILES string of the molecule is CCOC(=O)c1cc(-c2ccc(C)cc2)cc(C(=O)OCC)[n+]1Cc1ccccc1.F[B-](F)(F)F. The van der Waals surface area contributed by atoms with Crippen molar-refractivity contribution in [3.63, 3.8) is 0 Å². The highest BCUT2D eigenvalue weighted by Gasteiger charge is 2.31. The third kappa shape index (κ3) is 8.88. The Balaban J connectivity index is 0.000000784. The van der Waals surface area contributed by atoms with Gasteiger partial charge in [-0.15, -0.1) is 0 Å². The Morgan fingerprint density at radius 1 is 0.771 bits per heavy atom. The van der Waals surface area contributed by atoms with E-state index in [4.69, 9.17) is 9.47 Å². The molecule has 1 aromatic heterocycles. The van der Waals surface area contributed by atoms with Gasteiger partial charge in [0, 0.05) is 17.7 Å². The fourth-order valence-corrected chi connectivity index (χ4v) is 3.22. The number of ether oxygens (including phenoxy) is 2. The summed E-state index contributed by atoms with van der Waals surface area (Å²) in [6, 6.07) is 21.1. The molecule has 0 saturated carbocycles. The standard InChI is InChI=1S/C25H26NO4.BF4/c1-4-29-24(27)22-15-21(20-13-11-18(3)12-14-20)16-23(25(28)30-5-2)26(22)17-19-9-7-6-8-10-19;2-1(3,4)5/h6-16H,4-5,17H2,1-3H3;/q+1;-1. The van der Waals surface area contributed by atoms with Crippen molar-refractivity contribution in [1.29, 1.82) is 0 Å². The molecule has 186 valence electrons. The average molecular weight is 491 g/mol. The van der Waals surface area contributed by atoms with Crippen molar-refractivity contribution < 1.29 is 40.9 Å². The van der Waals surface area contributed by atoms with Gasteiger partial charge in [-0.05, 0) is 31.9 Å². The minimum Gasteiger partial charge on any atom is -0.458 e. The topological polar surface area (TPSA) is 56.5 Å². The quantitative estimate of drug-likeness (QED) is 0.186. The maximum atomic E-state index is 12.8. The van der Waals surface area contributed by atoms with Crippen LogP contribution in [-0.2, 0) is 16.0 Å². The minimum atomic E-state index is -6.00. The van der Waals surface area contributed by atoms with E-state index in [0.29, 0.717) is 17.9 Å². The number of carbonyl (C=O) groups excluding carboxylic acids is 2. The normalized spacial score (nSPS) is 10.7. The fourth-order valence-electron chi connectivity index (χ4n) is 3.22. The van der Waals surface area contributed by atoms with Crippen LogP contribution < -0.4 is 4.57 Å². The van der Waals surface area contributed by atoms with Crippen LogP contribution >= 0.6 is 0 Å². The molecule has 0 aliphatic rings. The minimum absolute atomic E-state index is 0.244. The lowest BCUT2D eigenvalue weighted by Crippen LogP contribution is -2.47. The first-order valence-corrected chi connectivity index (χ1v) is 10.9. The molecule has 0 unspecified atom stereocenters. The van der Waals surface area contributed by atoms with E-state index < -0.39 is 19.2 Å². The van der Waals surface area contributed by atoms with Gasteiger partial charge in [0.1, 0.15) is 0 Å². The molecule has 0 radical (unpaired) electrons. The van der Waals surface area contributed by atoms with Crippen LogP contribution in [0.1, 0.15) is 46.0 Å². The maximum absolute atomic E-state index is 12.8. The van der Waals surface area contributed by atoms with Crippen molar-refractivity contribution >= 4 is 19.2 Å². The van der Waals surface area contributed by atoms with E-state index in [1.165, 1.54) is 0 Å². The van der Waals surface area contributed by atoms with Crippen LogP contribution in [0.4, 0.5) is 17.3 Å². The van der Waals surface area contributed by atoms with Crippen molar-refractivity contribution in [3.8, 4) is 11.1 Å². The predicted molar refractivity (Wildman–Crippen MR) is 124 cm³/mol. The molecule has 0 fully saturated rings. The molecule has 0 aliphatic carbocycles. The number of hydrogen-bond donors (Lipinski definition) is 0. The summed E-state index contributed by atoms with van der Waals surface area (Å²) >= 11 is 0. The number of carbonyl (C=O) groups is 2. The van der Waals surface area contributed by atoms with E-state index in [-0.39, 0.29) is 13.2 Å². The monoisotopic (exact) mass is 491 g/mol. The summed E-state index contributed by atoms with van der Waals surface area (Å²) < 4.78 is 51.3. The van der Waals surface area contributed by atoms with Crippen LogP contribution in [0.3, 0.4) is 0 Å². The van der Waals surface area contributed by atoms with Crippen LogP contribution in [0.2, 0.25) is 0 Å². The highest BCUT2D eigenvalue weighted by Crippen LogP contribution is 2.22. The molecule has 0 spiro atoms. The smallest absolute Gasteiger partial charge is 0.458 e. The second kappa shape index (κ2) is 12.7. The first-order valence-electron chi connectivity index (χ1n) is 10.9. The maximum Gasteiger partial charge on any atom is 0.673 e. The van der Waals surface area contributed by atoms with Crippen molar-refractivity contribution in [1.82, 2.24) is 0 Å². The first-order chi connectivity index (χ1) is 16.5. The summed E-state index contributed by atoms with van der Waals surface area (Å²) in [5.74, 6) is -0.958. The van der Waals surface area contributed by atoms with Crippen LogP contribution in [0.15, 0.2) is 66.7 Å². The lowest BCUT2D eigenvalue weighted by atomic mass is 10.0. The van der Waals surface area contributed by atoms with Gasteiger partial charge < -0.3 is 26.7 Å². The van der Waals surface area contributed by atoms with Crippen LogP contribution in [-0.4, -0.2) is 32.4 Å². The predicted octanol–water partition coefficient (Wildman–Crippen LogP) is 5.65. The van der Waals surface area contributed by atoms with Crippen LogP contribution in [0, 0.1) is 6.92 Å². The number of rotatable bonds is 7. The molecule has 2 aromatic carbocycles. The molecule has 3 aromatic rings. The third-order valence-electron chi connectivity index (χ3n) is 4.70. The summed E-state index contributed by atoms with van der Waals surface area (Å²) in [4.78, 5) is 25.7. The zero-order chi connectivity index (χ0) is 26.0. The Morgan fingerprint density at radius 2 is 1.23 bits per heavy atom. The molecular formula is C25H26BF4NO4. The molecule has 0 bridgehead atoms. The van der Waals surface area contributed by atoms with Gasteiger partial charge in [0.2, 0.25) is 0 Å². The molecular weight excluding hydrogens is 465 g/mol. The highest BCUT2D eigenvalue weighted by molar-refractivity contribution is 6.50. The molecule has 0 aliphatic heterocycles. The number of nitrogens with zero attached hydrogens (tertiary/aromatic N) is 1. The van der Waals surface area contributed by atoms with E-state index in [1.54, 1.807) is 30.5 Å². The van der Waals surface area contributed by atoms with Crippen molar-refractivity contribution in [3.05, 3.63) is 89.2 Å². The highest BCUT2D eigenvalue weighted by atomic mass is 19.5. The van der Waals surface area contributed by atoms with Crippen LogP contribution in [0.25, 0.3) is 11.1 Å².